The molecule has 1 atom stereocenters. The molecule has 1 unspecified atom stereocenters. The summed E-state index contributed by atoms with van der Waals surface area (Å²) in [6.07, 6.45) is 0. The van der Waals surface area contributed by atoms with E-state index < -0.39 is 34.1 Å². The van der Waals surface area contributed by atoms with Gasteiger partial charge in [-0.25, -0.2) is 8.42 Å². The first-order chi connectivity index (χ1) is 19.2. The van der Waals surface area contributed by atoms with Crippen molar-refractivity contribution < 1.29 is 22.7 Å². The lowest BCUT2D eigenvalue weighted by Gasteiger charge is -2.33. The van der Waals surface area contributed by atoms with Gasteiger partial charge < -0.3 is 15.0 Å². The summed E-state index contributed by atoms with van der Waals surface area (Å²) in [7, 11) is -4.18. The monoisotopic (exact) mass is 599 g/mol. The highest BCUT2D eigenvalue weighted by molar-refractivity contribution is 7.92. The van der Waals surface area contributed by atoms with Gasteiger partial charge in [-0.15, -0.1) is 0 Å². The first-order valence-corrected chi connectivity index (χ1v) is 15.2. The van der Waals surface area contributed by atoms with Crippen molar-refractivity contribution in [2.24, 2.45) is 0 Å². The topological polar surface area (TPSA) is 96.0 Å². The number of hydrogen-bond donors (Lipinski definition) is 1. The van der Waals surface area contributed by atoms with E-state index in [1.807, 2.05) is 34.6 Å². The average Bonchev–Trinajstić information content (AvgIpc) is 2.91. The number of nitrogens with zero attached hydrogens (tertiary/aromatic N) is 2. The summed E-state index contributed by atoms with van der Waals surface area (Å²) in [5, 5.41) is 3.34. The third-order valence-electron chi connectivity index (χ3n) is 6.29. The van der Waals surface area contributed by atoms with E-state index in [1.54, 1.807) is 67.6 Å². The third kappa shape index (κ3) is 8.47. The van der Waals surface area contributed by atoms with E-state index in [2.05, 4.69) is 5.32 Å². The highest BCUT2D eigenvalue weighted by atomic mass is 35.5. The van der Waals surface area contributed by atoms with Crippen molar-refractivity contribution in [3.63, 3.8) is 0 Å². The molecule has 0 bridgehead atoms. The average molecular weight is 600 g/mol. The minimum absolute atomic E-state index is 0.00510. The van der Waals surface area contributed by atoms with Crippen molar-refractivity contribution in [1.29, 1.82) is 0 Å². The molecule has 0 heterocycles. The summed E-state index contributed by atoms with van der Waals surface area (Å²) in [6.45, 7) is 10.8. The van der Waals surface area contributed by atoms with Crippen LogP contribution in [0, 0.1) is 6.92 Å². The Labute approximate surface area is 248 Å². The van der Waals surface area contributed by atoms with Crippen LogP contribution in [0.15, 0.2) is 77.7 Å². The van der Waals surface area contributed by atoms with Gasteiger partial charge >= 0.3 is 0 Å². The van der Waals surface area contributed by atoms with Gasteiger partial charge in [-0.3, -0.25) is 13.9 Å². The van der Waals surface area contributed by atoms with Gasteiger partial charge in [0, 0.05) is 17.1 Å². The molecule has 3 rings (SSSR count). The van der Waals surface area contributed by atoms with Crippen molar-refractivity contribution >= 4 is 39.1 Å². The number of sulfonamides is 1. The van der Waals surface area contributed by atoms with Crippen LogP contribution in [0.5, 0.6) is 5.75 Å². The molecule has 0 aromatic heterocycles. The molecule has 41 heavy (non-hydrogen) atoms. The Morgan fingerprint density at radius 2 is 1.59 bits per heavy atom. The first-order valence-electron chi connectivity index (χ1n) is 13.4. The second-order valence-electron chi connectivity index (χ2n) is 10.8. The van der Waals surface area contributed by atoms with Gasteiger partial charge in [-0.2, -0.15) is 0 Å². The molecule has 0 saturated heterocycles. The number of nitrogens with one attached hydrogen (secondary N) is 1. The van der Waals surface area contributed by atoms with E-state index in [0.717, 1.165) is 9.87 Å². The number of carbonyl (C=O) groups excluding carboxylic acids is 2. The van der Waals surface area contributed by atoms with Crippen LogP contribution < -0.4 is 14.4 Å². The number of carbonyl (C=O) groups is 2. The Kier molecular flexibility index (Phi) is 10.4. The summed E-state index contributed by atoms with van der Waals surface area (Å²) in [5.74, 6) is -0.389. The second kappa shape index (κ2) is 13.4. The highest BCUT2D eigenvalue weighted by Gasteiger charge is 2.33. The molecule has 2 amide bonds. The number of aryl methyl sites for hydroxylation is 1. The number of amides is 2. The number of benzene rings is 3. The van der Waals surface area contributed by atoms with Crippen LogP contribution in [0.2, 0.25) is 5.02 Å². The SMILES string of the molecule is CCOc1ccc(S(=O)(=O)N(CC(=O)N(Cc2ccccc2Cl)C(C)C(=O)NC(C)(C)C)c2ccc(C)cc2)cc1. The Balaban J connectivity index is 2.04. The molecule has 3 aromatic rings. The maximum atomic E-state index is 14.0. The molecule has 10 heteroatoms. The Bertz CT molecular complexity index is 1450. The minimum Gasteiger partial charge on any atom is -0.494 e. The van der Waals surface area contributed by atoms with Gasteiger partial charge in [0.15, 0.2) is 0 Å². The van der Waals surface area contributed by atoms with E-state index in [1.165, 1.54) is 17.0 Å². The Morgan fingerprint density at radius 3 is 2.15 bits per heavy atom. The van der Waals surface area contributed by atoms with Gasteiger partial charge in [0.25, 0.3) is 10.0 Å². The second-order valence-corrected chi connectivity index (χ2v) is 13.0. The number of halogens is 1. The lowest BCUT2D eigenvalue weighted by Crippen LogP contribution is -2.54. The molecule has 0 aliphatic rings. The van der Waals surface area contributed by atoms with Gasteiger partial charge in [-0.1, -0.05) is 47.5 Å². The summed E-state index contributed by atoms with van der Waals surface area (Å²) in [6, 6.07) is 19.1. The molecule has 0 fully saturated rings. The van der Waals surface area contributed by atoms with Gasteiger partial charge in [0.1, 0.15) is 18.3 Å². The molecule has 0 saturated carbocycles. The molecule has 1 N–H and O–H groups in total. The number of anilines is 1. The summed E-state index contributed by atoms with van der Waals surface area (Å²) in [5.41, 5.74) is 1.36. The summed E-state index contributed by atoms with van der Waals surface area (Å²) in [4.78, 5) is 28.6. The Morgan fingerprint density at radius 1 is 0.976 bits per heavy atom. The number of hydrogen-bond acceptors (Lipinski definition) is 5. The van der Waals surface area contributed by atoms with Crippen molar-refractivity contribution in [2.75, 3.05) is 17.5 Å². The van der Waals surface area contributed by atoms with E-state index >= 15 is 0 Å². The van der Waals surface area contributed by atoms with Gasteiger partial charge in [0.2, 0.25) is 11.8 Å². The normalized spacial score (nSPS) is 12.4. The predicted octanol–water partition coefficient (Wildman–Crippen LogP) is 5.57. The summed E-state index contributed by atoms with van der Waals surface area (Å²) < 4.78 is 34.5. The lowest BCUT2D eigenvalue weighted by atomic mass is 10.1. The Hall–Kier alpha value is -3.56. The van der Waals surface area contributed by atoms with Crippen LogP contribution in [0.25, 0.3) is 0 Å². The van der Waals surface area contributed by atoms with E-state index in [-0.39, 0.29) is 17.3 Å². The van der Waals surface area contributed by atoms with Crippen molar-refractivity contribution in [2.45, 2.75) is 64.6 Å². The van der Waals surface area contributed by atoms with Crippen LogP contribution in [-0.4, -0.2) is 49.9 Å². The smallest absolute Gasteiger partial charge is 0.264 e. The van der Waals surface area contributed by atoms with E-state index in [4.69, 9.17) is 16.3 Å². The van der Waals surface area contributed by atoms with Crippen molar-refractivity contribution in [3.8, 4) is 5.75 Å². The predicted molar refractivity (Wildman–Crippen MR) is 163 cm³/mol. The number of ether oxygens (including phenoxy) is 1. The molecular weight excluding hydrogens is 562 g/mol. The molecular formula is C31H38ClN3O5S. The zero-order valence-electron chi connectivity index (χ0n) is 24.3. The largest absolute Gasteiger partial charge is 0.494 e. The quantitative estimate of drug-likeness (QED) is 0.311. The minimum atomic E-state index is -4.18. The van der Waals surface area contributed by atoms with Gasteiger partial charge in [0.05, 0.1) is 17.2 Å². The standard InChI is InChI=1S/C31H38ClN3O5S/c1-7-40-26-16-18-27(19-17-26)41(38,39)35(25-14-12-22(2)13-15-25)21-29(36)34(20-24-10-8-9-11-28(24)32)23(3)30(37)33-31(4,5)6/h8-19,23H,7,20-21H2,1-6H3,(H,33,37). The maximum Gasteiger partial charge on any atom is 0.264 e. The fraction of sp³-hybridized carbons (Fsp3) is 0.355. The van der Waals surface area contributed by atoms with Crippen LogP contribution in [0.4, 0.5) is 5.69 Å². The van der Waals surface area contributed by atoms with Crippen LogP contribution in [0.3, 0.4) is 0 Å². The zero-order chi connectivity index (χ0) is 30.4. The lowest BCUT2D eigenvalue weighted by molar-refractivity contribution is -0.140. The maximum absolute atomic E-state index is 14.0. The van der Waals surface area contributed by atoms with Crippen molar-refractivity contribution in [1.82, 2.24) is 10.2 Å². The van der Waals surface area contributed by atoms with E-state index in [0.29, 0.717) is 28.6 Å². The molecule has 8 nitrogen and oxygen atoms in total. The molecule has 0 radical (unpaired) electrons. The molecule has 3 aromatic carbocycles. The van der Waals surface area contributed by atoms with Gasteiger partial charge in [-0.05, 0) is 89.6 Å². The fourth-order valence-corrected chi connectivity index (χ4v) is 5.72. The van der Waals surface area contributed by atoms with Crippen LogP contribution in [0.1, 0.15) is 45.7 Å². The van der Waals surface area contributed by atoms with Crippen LogP contribution in [-0.2, 0) is 26.2 Å². The first kappa shape index (κ1) is 32.0. The van der Waals surface area contributed by atoms with E-state index in [9.17, 15) is 18.0 Å². The van der Waals surface area contributed by atoms with Crippen LogP contribution >= 0.6 is 11.6 Å². The molecule has 0 aliphatic heterocycles. The number of rotatable bonds is 11. The highest BCUT2D eigenvalue weighted by Crippen LogP contribution is 2.27. The molecule has 0 spiro atoms. The molecule has 220 valence electrons. The summed E-state index contributed by atoms with van der Waals surface area (Å²) >= 11 is 6.41. The fourth-order valence-electron chi connectivity index (χ4n) is 4.11. The van der Waals surface area contributed by atoms with Crippen molar-refractivity contribution in [3.05, 3.63) is 88.9 Å². The molecule has 0 aliphatic carbocycles. The zero-order valence-corrected chi connectivity index (χ0v) is 25.9. The third-order valence-corrected chi connectivity index (χ3v) is 8.44.